The van der Waals surface area contributed by atoms with Crippen molar-refractivity contribution >= 4 is 17.6 Å². The van der Waals surface area contributed by atoms with E-state index in [1.165, 1.54) is 22.9 Å². The normalized spacial score (nSPS) is 20.1. The van der Waals surface area contributed by atoms with E-state index in [0.717, 1.165) is 17.7 Å². The lowest BCUT2D eigenvalue weighted by Gasteiger charge is -2.37. The molecule has 1 N–H and O–H groups in total. The van der Waals surface area contributed by atoms with E-state index in [4.69, 9.17) is 4.74 Å². The summed E-state index contributed by atoms with van der Waals surface area (Å²) >= 11 is 0. The van der Waals surface area contributed by atoms with Crippen molar-refractivity contribution in [3.8, 4) is 5.75 Å². The molecular weight excluding hydrogens is 447 g/mol. The average Bonchev–Trinajstić information content (AvgIpc) is 3.43. The van der Waals surface area contributed by atoms with Gasteiger partial charge in [0.05, 0.1) is 11.7 Å². The van der Waals surface area contributed by atoms with Crippen molar-refractivity contribution in [3.05, 3.63) is 137 Å². The Bertz CT molecular complexity index is 1410. The molecule has 4 heteroatoms. The van der Waals surface area contributed by atoms with Crippen LogP contribution in [0.4, 0.5) is 15.8 Å². The molecule has 0 unspecified atom stereocenters. The number of anilines is 1. The zero-order chi connectivity index (χ0) is 24.3. The summed E-state index contributed by atoms with van der Waals surface area (Å²) in [4.78, 5) is 4.65. The van der Waals surface area contributed by atoms with Gasteiger partial charge in [-0.15, -0.1) is 0 Å². The van der Waals surface area contributed by atoms with Crippen LogP contribution in [0.3, 0.4) is 0 Å². The Kier molecular flexibility index (Phi) is 6.08. The molecule has 4 aromatic carbocycles. The highest BCUT2D eigenvalue weighted by Gasteiger charge is 2.37. The fourth-order valence-corrected chi connectivity index (χ4v) is 5.22. The van der Waals surface area contributed by atoms with E-state index in [0.29, 0.717) is 23.1 Å². The van der Waals surface area contributed by atoms with Crippen LogP contribution in [0.5, 0.6) is 5.75 Å². The van der Waals surface area contributed by atoms with Gasteiger partial charge in [0.25, 0.3) is 0 Å². The molecule has 3 atom stereocenters. The van der Waals surface area contributed by atoms with Crippen molar-refractivity contribution < 1.29 is 9.13 Å². The van der Waals surface area contributed by atoms with Gasteiger partial charge in [0, 0.05) is 23.4 Å². The van der Waals surface area contributed by atoms with E-state index in [1.807, 2.05) is 30.5 Å². The van der Waals surface area contributed by atoms with Crippen LogP contribution in [-0.4, -0.2) is 6.21 Å². The molecule has 2 aliphatic rings. The van der Waals surface area contributed by atoms with Gasteiger partial charge >= 0.3 is 0 Å². The minimum atomic E-state index is -0.254. The number of hydrogen-bond acceptors (Lipinski definition) is 3. The summed E-state index contributed by atoms with van der Waals surface area (Å²) in [6.45, 7) is 0.200. The number of fused-ring (bicyclic) bond motifs is 3. The fourth-order valence-electron chi connectivity index (χ4n) is 5.22. The smallest absolute Gasteiger partial charge is 0.129 e. The molecule has 0 aromatic heterocycles. The lowest BCUT2D eigenvalue weighted by atomic mass is 9.77. The Labute approximate surface area is 211 Å². The lowest BCUT2D eigenvalue weighted by Crippen LogP contribution is -2.28. The lowest BCUT2D eigenvalue weighted by molar-refractivity contribution is 0.300. The summed E-state index contributed by atoms with van der Waals surface area (Å²) < 4.78 is 19.5. The number of nitrogens with one attached hydrogen (secondary N) is 1. The van der Waals surface area contributed by atoms with Crippen LogP contribution in [0.1, 0.15) is 40.6 Å². The second-order valence-corrected chi connectivity index (χ2v) is 9.36. The Morgan fingerprint density at radius 1 is 0.889 bits per heavy atom. The van der Waals surface area contributed by atoms with Crippen molar-refractivity contribution in [2.75, 3.05) is 5.32 Å². The Balaban J connectivity index is 1.10. The van der Waals surface area contributed by atoms with Crippen LogP contribution >= 0.6 is 0 Å². The number of benzene rings is 4. The van der Waals surface area contributed by atoms with Gasteiger partial charge in [0.15, 0.2) is 0 Å². The zero-order valence-electron chi connectivity index (χ0n) is 19.8. The molecule has 0 saturated heterocycles. The summed E-state index contributed by atoms with van der Waals surface area (Å²) in [7, 11) is 0. The number of allylic oxidation sites excluding steroid dienone is 2. The Morgan fingerprint density at radius 3 is 2.50 bits per heavy atom. The Hall–Kier alpha value is -4.18. The van der Waals surface area contributed by atoms with Gasteiger partial charge in [-0.2, -0.15) is 0 Å². The average molecular weight is 475 g/mol. The van der Waals surface area contributed by atoms with Crippen LogP contribution in [0.15, 0.2) is 114 Å². The highest BCUT2D eigenvalue weighted by molar-refractivity contribution is 5.82. The molecule has 178 valence electrons. The van der Waals surface area contributed by atoms with E-state index >= 15 is 0 Å². The quantitative estimate of drug-likeness (QED) is 0.227. The monoisotopic (exact) mass is 474 g/mol. The Morgan fingerprint density at radius 2 is 1.67 bits per heavy atom. The maximum atomic E-state index is 13.8. The van der Waals surface area contributed by atoms with Gasteiger partial charge in [-0.05, 0) is 77.6 Å². The number of ether oxygens (including phenoxy) is 1. The van der Waals surface area contributed by atoms with Crippen LogP contribution in [0, 0.1) is 11.7 Å². The zero-order valence-corrected chi connectivity index (χ0v) is 19.8. The molecule has 3 nitrogen and oxygen atoms in total. The van der Waals surface area contributed by atoms with Gasteiger partial charge in [-0.25, -0.2) is 4.39 Å². The van der Waals surface area contributed by atoms with Gasteiger partial charge in [-0.1, -0.05) is 60.7 Å². The standard InChI is InChI=1S/C32H27FN2O/c33-30-10-3-1-6-24(30)21-36-26-18-12-22(13-19-26)20-34-25-16-14-23(15-17-25)32-29-9-5-8-27(29)28-7-2-4-11-31(28)35-32/h1-8,10-20,27,29,32,35H,9,21H2/t27-,29+,32-/m0/s1. The number of para-hydroxylation sites is 1. The van der Waals surface area contributed by atoms with Crippen LogP contribution < -0.4 is 10.1 Å². The molecule has 1 heterocycles. The second-order valence-electron chi connectivity index (χ2n) is 9.36. The van der Waals surface area contributed by atoms with Gasteiger partial charge in [0.1, 0.15) is 18.2 Å². The number of halogens is 1. The number of hydrogen-bond donors (Lipinski definition) is 1. The largest absolute Gasteiger partial charge is 0.489 e. The maximum absolute atomic E-state index is 13.8. The molecule has 0 bridgehead atoms. The molecule has 0 saturated carbocycles. The summed E-state index contributed by atoms with van der Waals surface area (Å²) in [6.07, 6.45) is 7.63. The highest BCUT2D eigenvalue weighted by atomic mass is 19.1. The third kappa shape index (κ3) is 4.55. The van der Waals surface area contributed by atoms with Gasteiger partial charge in [0.2, 0.25) is 0 Å². The fraction of sp³-hybridized carbons (Fsp3) is 0.156. The van der Waals surface area contributed by atoms with Crippen LogP contribution in [-0.2, 0) is 6.61 Å². The van der Waals surface area contributed by atoms with E-state index < -0.39 is 0 Å². The molecule has 4 aromatic rings. The van der Waals surface area contributed by atoms with Crippen LogP contribution in [0.25, 0.3) is 0 Å². The molecule has 1 aliphatic carbocycles. The molecule has 0 spiro atoms. The maximum Gasteiger partial charge on any atom is 0.129 e. The third-order valence-corrected chi connectivity index (χ3v) is 7.12. The predicted octanol–water partition coefficient (Wildman–Crippen LogP) is 7.98. The molecule has 0 fully saturated rings. The number of aliphatic imine (C=N–C) groups is 1. The van der Waals surface area contributed by atoms with Gasteiger partial charge < -0.3 is 10.1 Å². The summed E-state index contributed by atoms with van der Waals surface area (Å²) in [5, 5.41) is 3.78. The minimum absolute atomic E-state index is 0.200. The van der Waals surface area contributed by atoms with Crippen LogP contribution in [0.2, 0.25) is 0 Å². The van der Waals surface area contributed by atoms with Crippen molar-refractivity contribution in [1.29, 1.82) is 0 Å². The molecule has 0 amide bonds. The molecule has 1 aliphatic heterocycles. The SMILES string of the molecule is Fc1ccccc1COc1ccc(C=Nc2ccc([C@@H]3Nc4ccccc4[C@@H]4C=CC[C@H]43)cc2)cc1. The molecule has 36 heavy (non-hydrogen) atoms. The first kappa shape index (κ1) is 22.3. The first-order chi connectivity index (χ1) is 17.7. The topological polar surface area (TPSA) is 33.6 Å². The van der Waals surface area contributed by atoms with E-state index in [2.05, 4.69) is 71.0 Å². The van der Waals surface area contributed by atoms with E-state index in [-0.39, 0.29) is 18.5 Å². The predicted molar refractivity (Wildman–Crippen MR) is 144 cm³/mol. The number of nitrogens with zero attached hydrogens (tertiary/aromatic N) is 1. The van der Waals surface area contributed by atoms with Crippen molar-refractivity contribution in [1.82, 2.24) is 0 Å². The summed E-state index contributed by atoms with van der Waals surface area (Å²) in [6, 6.07) is 31.8. The van der Waals surface area contributed by atoms with Gasteiger partial charge in [-0.3, -0.25) is 4.99 Å². The molecule has 0 radical (unpaired) electrons. The first-order valence-electron chi connectivity index (χ1n) is 12.4. The van der Waals surface area contributed by atoms with Crippen molar-refractivity contribution in [3.63, 3.8) is 0 Å². The molecular formula is C32H27FN2O. The van der Waals surface area contributed by atoms with Crippen molar-refractivity contribution in [2.24, 2.45) is 10.9 Å². The summed E-state index contributed by atoms with van der Waals surface area (Å²) in [5.74, 6) is 1.45. The van der Waals surface area contributed by atoms with E-state index in [1.54, 1.807) is 18.2 Å². The van der Waals surface area contributed by atoms with Crippen molar-refractivity contribution in [2.45, 2.75) is 25.0 Å². The number of rotatable bonds is 6. The summed E-state index contributed by atoms with van der Waals surface area (Å²) in [5.41, 5.74) is 6.35. The minimum Gasteiger partial charge on any atom is -0.489 e. The van der Waals surface area contributed by atoms with E-state index in [9.17, 15) is 4.39 Å². The third-order valence-electron chi connectivity index (χ3n) is 7.12. The molecule has 6 rings (SSSR count). The first-order valence-corrected chi connectivity index (χ1v) is 12.4. The second kappa shape index (κ2) is 9.82. The highest BCUT2D eigenvalue weighted by Crippen LogP contribution is 2.49.